The third-order valence-corrected chi connectivity index (χ3v) is 4.45. The maximum atomic E-state index is 13.3. The molecule has 0 aromatic heterocycles. The Morgan fingerprint density at radius 3 is 2.54 bits per heavy atom. The molecule has 1 N–H and O–H groups in total. The molecule has 0 aliphatic carbocycles. The van der Waals surface area contributed by atoms with Crippen molar-refractivity contribution in [1.82, 2.24) is 0 Å². The van der Waals surface area contributed by atoms with Crippen LogP contribution in [0.3, 0.4) is 0 Å². The number of rotatable bonds is 2. The van der Waals surface area contributed by atoms with Crippen LogP contribution in [0.2, 0.25) is 0 Å². The van der Waals surface area contributed by atoms with E-state index in [4.69, 9.17) is 4.74 Å². The largest absolute Gasteiger partial charge is 0.496 e. The van der Waals surface area contributed by atoms with Gasteiger partial charge in [0.1, 0.15) is 5.75 Å². The monoisotopic (exact) mass is 337 g/mol. The van der Waals surface area contributed by atoms with Crippen LogP contribution in [0.25, 0.3) is 0 Å². The average molecular weight is 337 g/mol. The molecule has 0 amide bonds. The summed E-state index contributed by atoms with van der Waals surface area (Å²) >= 11 is 0. The van der Waals surface area contributed by atoms with Gasteiger partial charge in [-0.3, -0.25) is 0 Å². The molecule has 6 heteroatoms. The predicted octanol–water partition coefficient (Wildman–Crippen LogP) is 3.81. The van der Waals surface area contributed by atoms with Crippen LogP contribution < -0.4 is 9.64 Å². The van der Waals surface area contributed by atoms with Gasteiger partial charge in [-0.05, 0) is 29.3 Å². The van der Waals surface area contributed by atoms with Crippen molar-refractivity contribution in [1.29, 1.82) is 0 Å². The molecule has 2 atom stereocenters. The van der Waals surface area contributed by atoms with E-state index in [1.165, 1.54) is 13.2 Å². The van der Waals surface area contributed by atoms with Gasteiger partial charge < -0.3 is 14.7 Å². The van der Waals surface area contributed by atoms with E-state index in [1.54, 1.807) is 13.1 Å². The van der Waals surface area contributed by atoms with Crippen LogP contribution in [0, 0.1) is 0 Å². The van der Waals surface area contributed by atoms with Gasteiger partial charge in [-0.2, -0.15) is 13.2 Å². The Balaban J connectivity index is 2.06. The van der Waals surface area contributed by atoms with E-state index in [9.17, 15) is 18.3 Å². The molecular formula is C18H18F3NO2. The van der Waals surface area contributed by atoms with Crippen molar-refractivity contribution in [3.05, 3.63) is 59.2 Å². The zero-order valence-corrected chi connectivity index (χ0v) is 13.3. The molecule has 1 heterocycles. The molecule has 0 saturated carbocycles. The van der Waals surface area contributed by atoms with Gasteiger partial charge in [0, 0.05) is 19.2 Å². The highest BCUT2D eigenvalue weighted by atomic mass is 19.4. The lowest BCUT2D eigenvalue weighted by atomic mass is 9.88. The Morgan fingerprint density at radius 1 is 1.17 bits per heavy atom. The van der Waals surface area contributed by atoms with Gasteiger partial charge in [0.05, 0.1) is 24.8 Å². The van der Waals surface area contributed by atoms with Crippen molar-refractivity contribution in [2.24, 2.45) is 0 Å². The molecule has 3 rings (SSSR count). The van der Waals surface area contributed by atoms with Crippen molar-refractivity contribution < 1.29 is 23.0 Å². The average Bonchev–Trinajstić information content (AvgIpc) is 2.54. The molecule has 24 heavy (non-hydrogen) atoms. The Labute approximate surface area is 138 Å². The van der Waals surface area contributed by atoms with Gasteiger partial charge >= 0.3 is 6.18 Å². The molecule has 1 aliphatic heterocycles. The maximum Gasteiger partial charge on any atom is 0.419 e. The number of benzene rings is 2. The smallest absolute Gasteiger partial charge is 0.419 e. The number of para-hydroxylation sites is 1. The van der Waals surface area contributed by atoms with Gasteiger partial charge in [-0.15, -0.1) is 0 Å². The Morgan fingerprint density at radius 2 is 1.88 bits per heavy atom. The highest BCUT2D eigenvalue weighted by Gasteiger charge is 2.37. The van der Waals surface area contributed by atoms with Crippen LogP contribution >= 0.6 is 0 Å². The number of hydrogen-bond acceptors (Lipinski definition) is 3. The van der Waals surface area contributed by atoms with E-state index >= 15 is 0 Å². The highest BCUT2D eigenvalue weighted by Crippen LogP contribution is 2.42. The van der Waals surface area contributed by atoms with E-state index < -0.39 is 23.9 Å². The SMILES string of the molecule is COc1ccc(C2C(O)Cc3ccccc3N2C)cc1C(F)(F)F. The zero-order valence-electron chi connectivity index (χ0n) is 13.3. The molecule has 0 saturated heterocycles. The summed E-state index contributed by atoms with van der Waals surface area (Å²) < 4.78 is 44.6. The minimum Gasteiger partial charge on any atom is -0.496 e. The summed E-state index contributed by atoms with van der Waals surface area (Å²) in [6.07, 6.45) is -4.91. The summed E-state index contributed by atoms with van der Waals surface area (Å²) in [5.41, 5.74) is 1.47. The maximum absolute atomic E-state index is 13.3. The number of anilines is 1. The topological polar surface area (TPSA) is 32.7 Å². The molecular weight excluding hydrogens is 319 g/mol. The fourth-order valence-corrected chi connectivity index (χ4v) is 3.35. The quantitative estimate of drug-likeness (QED) is 0.905. The van der Waals surface area contributed by atoms with Crippen LogP contribution in [0.5, 0.6) is 5.75 Å². The van der Waals surface area contributed by atoms with Crippen molar-refractivity contribution >= 4 is 5.69 Å². The first-order chi connectivity index (χ1) is 11.3. The summed E-state index contributed by atoms with van der Waals surface area (Å²) in [5, 5.41) is 10.5. The summed E-state index contributed by atoms with van der Waals surface area (Å²) in [5.74, 6) is -0.223. The standard InChI is InChI=1S/C18H18F3NO2/c1-22-14-6-4-3-5-11(14)10-15(23)17(22)12-7-8-16(24-2)13(9-12)18(19,20)21/h3-9,15,17,23H,10H2,1-2H3. The van der Waals surface area contributed by atoms with E-state index in [1.807, 2.05) is 29.2 Å². The minimum absolute atomic E-state index is 0.223. The Bertz CT molecular complexity index is 745. The van der Waals surface area contributed by atoms with Crippen LogP contribution in [-0.2, 0) is 12.6 Å². The van der Waals surface area contributed by atoms with Crippen molar-refractivity contribution in [2.45, 2.75) is 24.7 Å². The number of ether oxygens (including phenoxy) is 1. The molecule has 2 aromatic rings. The molecule has 1 aliphatic rings. The molecule has 0 spiro atoms. The van der Waals surface area contributed by atoms with Gasteiger partial charge in [-0.1, -0.05) is 24.3 Å². The second-order valence-electron chi connectivity index (χ2n) is 5.91. The number of aliphatic hydroxyl groups excluding tert-OH is 1. The normalized spacial score (nSPS) is 20.7. The molecule has 0 fully saturated rings. The number of alkyl halides is 3. The number of hydrogen-bond donors (Lipinski definition) is 1. The van der Waals surface area contributed by atoms with Crippen LogP contribution in [0.4, 0.5) is 18.9 Å². The van der Waals surface area contributed by atoms with E-state index in [0.29, 0.717) is 12.0 Å². The van der Waals surface area contributed by atoms with Crippen molar-refractivity contribution in [2.75, 3.05) is 19.1 Å². The lowest BCUT2D eigenvalue weighted by molar-refractivity contribution is -0.138. The molecule has 2 aromatic carbocycles. The second-order valence-corrected chi connectivity index (χ2v) is 5.91. The van der Waals surface area contributed by atoms with Gasteiger partial charge in [0.15, 0.2) is 0 Å². The van der Waals surface area contributed by atoms with Gasteiger partial charge in [-0.25, -0.2) is 0 Å². The third-order valence-electron chi connectivity index (χ3n) is 4.45. The fourth-order valence-electron chi connectivity index (χ4n) is 3.35. The molecule has 0 radical (unpaired) electrons. The van der Waals surface area contributed by atoms with Crippen molar-refractivity contribution in [3.8, 4) is 5.75 Å². The minimum atomic E-state index is -4.52. The first-order valence-electron chi connectivity index (χ1n) is 7.57. The second kappa shape index (κ2) is 6.02. The van der Waals surface area contributed by atoms with E-state index in [-0.39, 0.29) is 5.75 Å². The zero-order chi connectivity index (χ0) is 17.5. The summed E-state index contributed by atoms with van der Waals surface area (Å²) in [7, 11) is 2.99. The number of likely N-dealkylation sites (N-methyl/N-ethyl adjacent to an activating group) is 1. The number of halogens is 3. The van der Waals surface area contributed by atoms with Crippen molar-refractivity contribution in [3.63, 3.8) is 0 Å². The lowest BCUT2D eigenvalue weighted by Crippen LogP contribution is -2.39. The highest BCUT2D eigenvalue weighted by molar-refractivity contribution is 5.58. The molecule has 3 nitrogen and oxygen atoms in total. The van der Waals surface area contributed by atoms with Gasteiger partial charge in [0.2, 0.25) is 0 Å². The van der Waals surface area contributed by atoms with E-state index in [0.717, 1.165) is 17.3 Å². The first-order valence-corrected chi connectivity index (χ1v) is 7.57. The molecule has 2 unspecified atom stereocenters. The Kier molecular flexibility index (Phi) is 4.17. The van der Waals surface area contributed by atoms with E-state index in [2.05, 4.69) is 0 Å². The first kappa shape index (κ1) is 16.6. The number of nitrogens with zero attached hydrogens (tertiary/aromatic N) is 1. The van der Waals surface area contributed by atoms with Crippen LogP contribution in [0.1, 0.15) is 22.7 Å². The number of aliphatic hydroxyl groups is 1. The predicted molar refractivity (Wildman–Crippen MR) is 85.3 cm³/mol. The molecule has 128 valence electrons. The van der Waals surface area contributed by atoms with Crippen LogP contribution in [-0.4, -0.2) is 25.4 Å². The molecule has 0 bridgehead atoms. The summed E-state index contributed by atoms with van der Waals surface area (Å²) in [4.78, 5) is 1.82. The summed E-state index contributed by atoms with van der Waals surface area (Å²) in [6.45, 7) is 0. The Hall–Kier alpha value is -2.21. The summed E-state index contributed by atoms with van der Waals surface area (Å²) in [6, 6.07) is 11.0. The van der Waals surface area contributed by atoms with Gasteiger partial charge in [0.25, 0.3) is 0 Å². The van der Waals surface area contributed by atoms with Crippen LogP contribution in [0.15, 0.2) is 42.5 Å². The lowest BCUT2D eigenvalue weighted by Gasteiger charge is -2.40. The fraction of sp³-hybridized carbons (Fsp3) is 0.333. The third kappa shape index (κ3) is 2.82. The number of methoxy groups -OCH3 is 1. The number of fused-ring (bicyclic) bond motifs is 1.